The van der Waals surface area contributed by atoms with Crippen molar-refractivity contribution in [3.63, 3.8) is 0 Å². The first-order chi connectivity index (χ1) is 5.76. The predicted octanol–water partition coefficient (Wildman–Crippen LogP) is 2.52. The lowest BCUT2D eigenvalue weighted by Gasteiger charge is -2.25. The number of hydrogen-bond acceptors (Lipinski definition) is 1. The van der Waals surface area contributed by atoms with Crippen LogP contribution in [-0.4, -0.2) is 32.6 Å². The van der Waals surface area contributed by atoms with Crippen molar-refractivity contribution in [2.45, 2.75) is 32.0 Å². The first kappa shape index (κ1) is 10.0. The summed E-state index contributed by atoms with van der Waals surface area (Å²) < 4.78 is 0. The van der Waals surface area contributed by atoms with Crippen molar-refractivity contribution >= 4 is 8.07 Å². The van der Waals surface area contributed by atoms with E-state index in [2.05, 4.69) is 31.0 Å². The van der Waals surface area contributed by atoms with Crippen LogP contribution in [0.5, 0.6) is 0 Å². The number of hydrogen-bond donors (Lipinski definition) is 0. The molecular weight excluding hydrogens is 162 g/mol. The van der Waals surface area contributed by atoms with Crippen molar-refractivity contribution in [2.24, 2.45) is 0 Å². The molecule has 1 fully saturated rings. The molecular formula is C10H21NSi. The molecule has 1 saturated heterocycles. The highest BCUT2D eigenvalue weighted by molar-refractivity contribution is 6.84. The van der Waals surface area contributed by atoms with Crippen LogP contribution < -0.4 is 0 Å². The van der Waals surface area contributed by atoms with E-state index in [-0.39, 0.29) is 0 Å². The van der Waals surface area contributed by atoms with E-state index >= 15 is 0 Å². The molecule has 0 aliphatic carbocycles. The fourth-order valence-corrected chi connectivity index (χ4v) is 4.42. The molecule has 0 bridgehead atoms. The van der Waals surface area contributed by atoms with Crippen LogP contribution in [0.4, 0.5) is 0 Å². The van der Waals surface area contributed by atoms with Crippen molar-refractivity contribution in [2.75, 3.05) is 19.6 Å². The molecule has 0 unspecified atom stereocenters. The van der Waals surface area contributed by atoms with Crippen LogP contribution >= 0.6 is 0 Å². The fourth-order valence-electron chi connectivity index (χ4n) is 1.67. The Morgan fingerprint density at radius 3 is 2.25 bits per heavy atom. The molecule has 1 rings (SSSR count). The van der Waals surface area contributed by atoms with Crippen LogP contribution in [0.15, 0.2) is 12.3 Å². The van der Waals surface area contributed by atoms with E-state index in [4.69, 9.17) is 0 Å². The minimum atomic E-state index is -1.02. The van der Waals surface area contributed by atoms with Crippen molar-refractivity contribution in [3.05, 3.63) is 12.3 Å². The van der Waals surface area contributed by atoms with Crippen LogP contribution in [0, 0.1) is 0 Å². The quantitative estimate of drug-likeness (QED) is 0.452. The second-order valence-electron chi connectivity index (χ2n) is 3.87. The van der Waals surface area contributed by atoms with Crippen LogP contribution in [0.2, 0.25) is 18.1 Å². The van der Waals surface area contributed by atoms with Gasteiger partial charge in [0.1, 0.15) is 0 Å². The van der Waals surface area contributed by atoms with Crippen LogP contribution in [0.1, 0.15) is 13.8 Å². The van der Waals surface area contributed by atoms with Gasteiger partial charge in [0.2, 0.25) is 0 Å². The largest absolute Gasteiger partial charge is 0.301 e. The summed E-state index contributed by atoms with van der Waals surface area (Å²) in [4.78, 5) is 2.52. The third-order valence-corrected chi connectivity index (χ3v) is 8.21. The maximum Gasteiger partial charge on any atom is 0.0777 e. The fraction of sp³-hybridized carbons (Fsp3) is 0.800. The lowest BCUT2D eigenvalue weighted by molar-refractivity contribution is 0.589. The summed E-state index contributed by atoms with van der Waals surface area (Å²) in [5, 5.41) is 0. The molecule has 0 N–H and O–H groups in total. The second-order valence-corrected chi connectivity index (χ2v) is 8.91. The minimum absolute atomic E-state index is 1.02. The molecule has 12 heavy (non-hydrogen) atoms. The summed E-state index contributed by atoms with van der Waals surface area (Å²) in [5.41, 5.74) is 2.30. The molecule has 0 aromatic carbocycles. The summed E-state index contributed by atoms with van der Waals surface area (Å²) >= 11 is 0. The van der Waals surface area contributed by atoms with E-state index < -0.39 is 8.07 Å². The van der Waals surface area contributed by atoms with Gasteiger partial charge in [0.25, 0.3) is 0 Å². The highest BCUT2D eigenvalue weighted by Gasteiger charge is 2.27. The van der Waals surface area contributed by atoms with Gasteiger partial charge in [0.15, 0.2) is 0 Å². The SMILES string of the molecule is C=C[Si](CC)(CC)CCN1CC1. The molecule has 0 atom stereocenters. The van der Waals surface area contributed by atoms with Gasteiger partial charge in [-0.3, -0.25) is 0 Å². The first-order valence-corrected chi connectivity index (χ1v) is 7.82. The van der Waals surface area contributed by atoms with Gasteiger partial charge in [-0.1, -0.05) is 25.9 Å². The highest BCUT2D eigenvalue weighted by Crippen LogP contribution is 2.23. The average Bonchev–Trinajstić information content (AvgIpc) is 2.92. The third-order valence-electron chi connectivity index (χ3n) is 3.31. The molecule has 1 nitrogen and oxygen atoms in total. The highest BCUT2D eigenvalue weighted by atomic mass is 28.3. The topological polar surface area (TPSA) is 3.01 Å². The van der Waals surface area contributed by atoms with Gasteiger partial charge >= 0.3 is 0 Å². The van der Waals surface area contributed by atoms with Crippen molar-refractivity contribution in [1.29, 1.82) is 0 Å². The zero-order valence-corrected chi connectivity index (χ0v) is 9.47. The molecule has 1 heterocycles. The maximum atomic E-state index is 4.02. The smallest absolute Gasteiger partial charge is 0.0777 e. The molecule has 0 spiro atoms. The van der Waals surface area contributed by atoms with Gasteiger partial charge < -0.3 is 4.90 Å². The molecule has 1 aliphatic rings. The minimum Gasteiger partial charge on any atom is -0.301 e. The summed E-state index contributed by atoms with van der Waals surface area (Å²) in [7, 11) is -1.02. The van der Waals surface area contributed by atoms with E-state index in [0.29, 0.717) is 0 Å². The third kappa shape index (κ3) is 2.46. The zero-order valence-electron chi connectivity index (χ0n) is 8.47. The molecule has 0 aromatic rings. The van der Waals surface area contributed by atoms with Crippen LogP contribution in [0.25, 0.3) is 0 Å². The Hall–Kier alpha value is -0.0831. The molecule has 2 heteroatoms. The van der Waals surface area contributed by atoms with E-state index in [9.17, 15) is 0 Å². The van der Waals surface area contributed by atoms with Gasteiger partial charge in [-0.05, 0) is 12.6 Å². The van der Waals surface area contributed by atoms with Gasteiger partial charge in [0.05, 0.1) is 8.07 Å². The van der Waals surface area contributed by atoms with Gasteiger partial charge in [0, 0.05) is 13.1 Å². The first-order valence-electron chi connectivity index (χ1n) is 5.12. The zero-order chi connectivity index (χ0) is 9.03. The Morgan fingerprint density at radius 2 is 1.92 bits per heavy atom. The van der Waals surface area contributed by atoms with Gasteiger partial charge in [-0.25, -0.2) is 0 Å². The molecule has 0 radical (unpaired) electrons. The maximum absolute atomic E-state index is 4.02. The van der Waals surface area contributed by atoms with E-state index in [0.717, 1.165) is 0 Å². The van der Waals surface area contributed by atoms with Gasteiger partial charge in [-0.15, -0.1) is 12.3 Å². The Kier molecular flexibility index (Phi) is 3.53. The monoisotopic (exact) mass is 183 g/mol. The molecule has 70 valence electrons. The Balaban J connectivity index is 2.33. The molecule has 1 aliphatic heterocycles. The normalized spacial score (nSPS) is 17.8. The standard InChI is InChI=1S/C10H21NSi/c1-4-12(5-2,6-3)10-9-11-7-8-11/h4H,1,5-10H2,2-3H3. The molecule has 0 amide bonds. The number of nitrogens with zero attached hydrogens (tertiary/aromatic N) is 1. The predicted molar refractivity (Wildman–Crippen MR) is 58.2 cm³/mol. The summed E-state index contributed by atoms with van der Waals surface area (Å²) in [6, 6.07) is 4.19. The van der Waals surface area contributed by atoms with Crippen molar-refractivity contribution in [1.82, 2.24) is 4.90 Å². The molecule has 0 saturated carbocycles. The summed E-state index contributed by atoms with van der Waals surface area (Å²) in [5.74, 6) is 0. The van der Waals surface area contributed by atoms with E-state index in [1.165, 1.54) is 37.8 Å². The lowest BCUT2D eigenvalue weighted by Crippen LogP contribution is -2.32. The number of rotatable bonds is 6. The average molecular weight is 183 g/mol. The Bertz CT molecular complexity index is 148. The summed E-state index contributed by atoms with van der Waals surface area (Å²) in [6.45, 7) is 12.7. The van der Waals surface area contributed by atoms with Crippen molar-refractivity contribution in [3.8, 4) is 0 Å². The van der Waals surface area contributed by atoms with E-state index in [1.54, 1.807) is 0 Å². The molecule has 0 aromatic heterocycles. The van der Waals surface area contributed by atoms with Gasteiger partial charge in [-0.2, -0.15) is 0 Å². The van der Waals surface area contributed by atoms with Crippen LogP contribution in [-0.2, 0) is 0 Å². The van der Waals surface area contributed by atoms with E-state index in [1.807, 2.05) is 0 Å². The second kappa shape index (κ2) is 4.24. The lowest BCUT2D eigenvalue weighted by atomic mass is 10.7. The Labute approximate surface area is 77.5 Å². The summed E-state index contributed by atoms with van der Waals surface area (Å²) in [6.07, 6.45) is 0. The van der Waals surface area contributed by atoms with Crippen LogP contribution in [0.3, 0.4) is 0 Å². The Morgan fingerprint density at radius 1 is 1.33 bits per heavy atom. The van der Waals surface area contributed by atoms with Crippen molar-refractivity contribution < 1.29 is 0 Å².